The maximum absolute atomic E-state index is 14.1. The summed E-state index contributed by atoms with van der Waals surface area (Å²) in [6.07, 6.45) is 2.13. The molecule has 0 radical (unpaired) electrons. The Morgan fingerprint density at radius 2 is 1.92 bits per heavy atom. The highest BCUT2D eigenvalue weighted by atomic mass is 35.5. The van der Waals surface area contributed by atoms with Crippen molar-refractivity contribution in [2.45, 2.75) is 43.2 Å². The van der Waals surface area contributed by atoms with Gasteiger partial charge in [0.15, 0.2) is 5.78 Å². The van der Waals surface area contributed by atoms with Crippen LogP contribution in [0.2, 0.25) is 5.02 Å². The molecule has 198 valence electrons. The largest absolute Gasteiger partial charge is 0.469 e. The number of carbonyl (C=O) groups is 2. The molecule has 0 N–H and O–H groups in total. The number of thiophene rings is 1. The molecule has 2 aromatic carbocycles. The van der Waals surface area contributed by atoms with E-state index in [0.29, 0.717) is 22.2 Å². The van der Waals surface area contributed by atoms with Crippen LogP contribution >= 0.6 is 35.8 Å². The van der Waals surface area contributed by atoms with E-state index in [0.717, 1.165) is 36.0 Å². The van der Waals surface area contributed by atoms with Gasteiger partial charge >= 0.3 is 0 Å². The number of thiol groups is 1. The van der Waals surface area contributed by atoms with Crippen molar-refractivity contribution in [1.29, 1.82) is 0 Å². The minimum Gasteiger partial charge on any atom is -0.469 e. The molecule has 5 nitrogen and oxygen atoms in total. The van der Waals surface area contributed by atoms with Crippen molar-refractivity contribution in [2.24, 2.45) is 0 Å². The summed E-state index contributed by atoms with van der Waals surface area (Å²) < 4.78 is 21.7. The third-order valence-electron chi connectivity index (χ3n) is 7.56. The van der Waals surface area contributed by atoms with E-state index in [-0.39, 0.29) is 24.1 Å². The van der Waals surface area contributed by atoms with Crippen molar-refractivity contribution >= 4 is 47.4 Å². The van der Waals surface area contributed by atoms with Gasteiger partial charge in [-0.2, -0.15) is 11.3 Å². The molecular formula is C30H24ClFN2O3S2. The lowest BCUT2D eigenvalue weighted by Gasteiger charge is -2.45. The number of aryl methyl sites for hydroxylation is 1. The SMILES string of the molecule is O=C1CC(c2ccsc2)(c2cccc(OC3CCCc4ccc(F)cc43)n2)N(S)C(=O)C1c1ccccc1Cl. The molecule has 39 heavy (non-hydrogen) atoms. The second kappa shape index (κ2) is 10.4. The van der Waals surface area contributed by atoms with E-state index < -0.39 is 17.4 Å². The molecule has 3 atom stereocenters. The van der Waals surface area contributed by atoms with E-state index in [1.165, 1.54) is 27.8 Å². The summed E-state index contributed by atoms with van der Waals surface area (Å²) in [7, 11) is 0. The molecule has 1 aliphatic heterocycles. The number of amides is 1. The first-order chi connectivity index (χ1) is 18.9. The molecule has 6 rings (SSSR count). The number of Topliss-reactive ketones (excluding diaryl/α,β-unsaturated/α-hetero) is 1. The predicted molar refractivity (Wildman–Crippen MR) is 152 cm³/mol. The zero-order valence-electron chi connectivity index (χ0n) is 20.7. The van der Waals surface area contributed by atoms with Gasteiger partial charge in [0, 0.05) is 17.5 Å². The molecule has 2 aliphatic rings. The van der Waals surface area contributed by atoms with Gasteiger partial charge in [-0.25, -0.2) is 9.37 Å². The number of halogens is 2. The van der Waals surface area contributed by atoms with Gasteiger partial charge in [-0.05, 0) is 82.6 Å². The van der Waals surface area contributed by atoms with Gasteiger partial charge in [0.25, 0.3) is 0 Å². The molecule has 1 aliphatic carbocycles. The Labute approximate surface area is 240 Å². The second-order valence-corrected chi connectivity index (χ2v) is 11.4. The summed E-state index contributed by atoms with van der Waals surface area (Å²) >= 11 is 12.5. The van der Waals surface area contributed by atoms with Gasteiger partial charge in [0.2, 0.25) is 11.8 Å². The van der Waals surface area contributed by atoms with E-state index in [1.807, 2.05) is 22.9 Å². The van der Waals surface area contributed by atoms with Crippen molar-refractivity contribution in [3.8, 4) is 5.88 Å². The van der Waals surface area contributed by atoms with E-state index in [1.54, 1.807) is 42.5 Å². The zero-order valence-corrected chi connectivity index (χ0v) is 23.2. The third-order valence-corrected chi connectivity index (χ3v) is 9.13. The van der Waals surface area contributed by atoms with Crippen LogP contribution in [0.3, 0.4) is 0 Å². The summed E-state index contributed by atoms with van der Waals surface area (Å²) in [5.41, 5.74) is 2.29. The Hall–Kier alpha value is -3.20. The highest BCUT2D eigenvalue weighted by Crippen LogP contribution is 2.48. The Bertz CT molecular complexity index is 1560. The summed E-state index contributed by atoms with van der Waals surface area (Å²) in [6.45, 7) is 0. The van der Waals surface area contributed by atoms with Crippen LogP contribution in [-0.4, -0.2) is 21.0 Å². The van der Waals surface area contributed by atoms with Gasteiger partial charge in [-0.1, -0.05) is 54.7 Å². The lowest BCUT2D eigenvalue weighted by molar-refractivity contribution is -0.142. The van der Waals surface area contributed by atoms with E-state index in [2.05, 4.69) is 0 Å². The molecule has 3 heterocycles. The van der Waals surface area contributed by atoms with Crippen LogP contribution in [0.5, 0.6) is 5.88 Å². The summed E-state index contributed by atoms with van der Waals surface area (Å²) in [5, 5.41) is 4.14. The topological polar surface area (TPSA) is 59.5 Å². The molecule has 4 aromatic rings. The molecular weight excluding hydrogens is 555 g/mol. The number of ketones is 1. The summed E-state index contributed by atoms with van der Waals surface area (Å²) in [6, 6.07) is 18.9. The van der Waals surface area contributed by atoms with Gasteiger partial charge in [-0.3, -0.25) is 13.9 Å². The molecule has 1 fully saturated rings. The van der Waals surface area contributed by atoms with Crippen LogP contribution in [0.15, 0.2) is 77.5 Å². The van der Waals surface area contributed by atoms with E-state index in [9.17, 15) is 14.0 Å². The van der Waals surface area contributed by atoms with E-state index >= 15 is 0 Å². The van der Waals surface area contributed by atoms with Crippen LogP contribution in [-0.2, 0) is 21.5 Å². The number of nitrogens with zero attached hydrogens (tertiary/aromatic N) is 2. The standard InChI is InChI=1S/C30H24ClFN2O3S2/c31-23-7-2-1-6-21(23)28-24(35)16-30(34(38)29(28)36,19-13-14-39-17-19)26-9-4-10-27(33-26)37-25-8-3-5-18-11-12-20(32)15-22(18)25/h1-2,4,6-7,9-15,17,25,28,38H,3,5,8,16H2. The average Bonchev–Trinajstić information content (AvgIpc) is 3.48. The fourth-order valence-corrected chi connectivity index (χ4v) is 7.04. The highest BCUT2D eigenvalue weighted by molar-refractivity contribution is 7.78. The molecule has 0 spiro atoms. The highest BCUT2D eigenvalue weighted by Gasteiger charge is 2.53. The molecule has 2 aromatic heterocycles. The Kier molecular flexibility index (Phi) is 6.95. The number of piperidine rings is 1. The quantitative estimate of drug-likeness (QED) is 0.203. The Morgan fingerprint density at radius 1 is 1.08 bits per heavy atom. The number of ether oxygens (including phenoxy) is 1. The number of carbonyl (C=O) groups excluding carboxylic acids is 2. The Balaban J connectivity index is 1.39. The van der Waals surface area contributed by atoms with E-state index in [4.69, 9.17) is 34.1 Å². The van der Waals surface area contributed by atoms with Crippen LogP contribution in [0.1, 0.15) is 59.2 Å². The van der Waals surface area contributed by atoms with Crippen molar-refractivity contribution in [3.63, 3.8) is 0 Å². The van der Waals surface area contributed by atoms with Gasteiger partial charge in [-0.15, -0.1) is 0 Å². The molecule has 0 saturated carbocycles. The maximum Gasteiger partial charge on any atom is 0.248 e. The number of aromatic nitrogens is 1. The lowest BCUT2D eigenvalue weighted by Crippen LogP contribution is -2.54. The summed E-state index contributed by atoms with van der Waals surface area (Å²) in [5.74, 6) is -1.77. The van der Waals surface area contributed by atoms with Gasteiger partial charge in [0.05, 0.1) is 5.69 Å². The predicted octanol–water partition coefficient (Wildman–Crippen LogP) is 7.07. The number of fused-ring (bicyclic) bond motifs is 1. The van der Waals surface area contributed by atoms with Crippen molar-refractivity contribution in [2.75, 3.05) is 0 Å². The molecule has 3 unspecified atom stereocenters. The fourth-order valence-electron chi connectivity index (χ4n) is 5.67. The number of pyridine rings is 1. The molecule has 0 bridgehead atoms. The minimum atomic E-state index is -1.25. The number of hydrogen-bond donors (Lipinski definition) is 1. The fraction of sp³-hybridized carbons (Fsp3) is 0.233. The first-order valence-corrected chi connectivity index (χ1v) is 14.4. The zero-order chi connectivity index (χ0) is 27.1. The van der Waals surface area contributed by atoms with Crippen LogP contribution in [0.25, 0.3) is 0 Å². The average molecular weight is 579 g/mol. The van der Waals surface area contributed by atoms with Crippen molar-refractivity contribution in [3.05, 3.63) is 116 Å². The van der Waals surface area contributed by atoms with Crippen LogP contribution < -0.4 is 4.74 Å². The van der Waals surface area contributed by atoms with Crippen molar-refractivity contribution in [1.82, 2.24) is 9.29 Å². The number of benzene rings is 2. The smallest absolute Gasteiger partial charge is 0.248 e. The van der Waals surface area contributed by atoms with Crippen LogP contribution in [0, 0.1) is 5.82 Å². The normalized spacial score (nSPS) is 23.0. The van der Waals surface area contributed by atoms with Gasteiger partial charge < -0.3 is 4.74 Å². The monoisotopic (exact) mass is 578 g/mol. The number of hydrogen-bond acceptors (Lipinski definition) is 6. The maximum atomic E-state index is 14.1. The first kappa shape index (κ1) is 26.0. The number of rotatable bonds is 5. The lowest BCUT2D eigenvalue weighted by atomic mass is 9.75. The van der Waals surface area contributed by atoms with Gasteiger partial charge in [0.1, 0.15) is 23.4 Å². The first-order valence-electron chi connectivity index (χ1n) is 12.6. The molecule has 1 saturated heterocycles. The summed E-state index contributed by atoms with van der Waals surface area (Å²) in [4.78, 5) is 32.4. The molecule has 9 heteroatoms. The molecule has 1 amide bonds. The Morgan fingerprint density at radius 3 is 2.72 bits per heavy atom. The van der Waals surface area contributed by atoms with Crippen LogP contribution in [0.4, 0.5) is 4.39 Å². The third kappa shape index (κ3) is 4.54. The second-order valence-electron chi connectivity index (χ2n) is 9.82. The minimum absolute atomic E-state index is 0.0389. The van der Waals surface area contributed by atoms with Crippen molar-refractivity contribution < 1.29 is 18.7 Å².